The molecule has 0 aliphatic carbocycles. The maximum Gasteiger partial charge on any atom is 0.274 e. The fourth-order valence-electron chi connectivity index (χ4n) is 3.03. The number of likely N-dealkylation sites (tertiary alicyclic amines) is 1. The van der Waals surface area contributed by atoms with Gasteiger partial charge < -0.3 is 4.90 Å². The summed E-state index contributed by atoms with van der Waals surface area (Å²) in [5, 5.41) is 1.97. The van der Waals surface area contributed by atoms with Gasteiger partial charge in [0, 0.05) is 30.5 Å². The molecule has 0 saturated carbocycles. The second-order valence-corrected chi connectivity index (χ2v) is 6.36. The number of piperidine rings is 1. The Labute approximate surface area is 132 Å². The first-order chi connectivity index (χ1) is 10.8. The molecule has 1 atom stereocenters. The summed E-state index contributed by atoms with van der Waals surface area (Å²) in [6.07, 6.45) is 8.67. The van der Waals surface area contributed by atoms with Crippen molar-refractivity contribution in [3.63, 3.8) is 0 Å². The first-order valence-corrected chi connectivity index (χ1v) is 8.35. The average molecular weight is 312 g/mol. The maximum atomic E-state index is 12.9. The van der Waals surface area contributed by atoms with Crippen molar-refractivity contribution in [1.82, 2.24) is 19.3 Å². The molecule has 0 bridgehead atoms. The molecule has 1 aliphatic heterocycles. The van der Waals surface area contributed by atoms with Gasteiger partial charge in [0.05, 0.1) is 11.7 Å². The Morgan fingerprint density at radius 1 is 1.32 bits per heavy atom. The number of pyridine rings is 1. The molecule has 0 radical (unpaired) electrons. The SMILES string of the molecule is O=C(c1cn2ccsc2n1)N1CCCCC1c1ccccn1. The molecule has 0 aromatic carbocycles. The van der Waals surface area contributed by atoms with E-state index in [2.05, 4.69) is 9.97 Å². The quantitative estimate of drug-likeness (QED) is 0.730. The molecule has 112 valence electrons. The van der Waals surface area contributed by atoms with Crippen LogP contribution in [0.5, 0.6) is 0 Å². The summed E-state index contributed by atoms with van der Waals surface area (Å²) in [7, 11) is 0. The fourth-order valence-corrected chi connectivity index (χ4v) is 3.73. The van der Waals surface area contributed by atoms with Crippen molar-refractivity contribution in [2.45, 2.75) is 25.3 Å². The van der Waals surface area contributed by atoms with E-state index in [1.54, 1.807) is 6.20 Å². The molecular weight excluding hydrogens is 296 g/mol. The van der Waals surface area contributed by atoms with Gasteiger partial charge in [0.15, 0.2) is 4.96 Å². The van der Waals surface area contributed by atoms with E-state index in [4.69, 9.17) is 0 Å². The van der Waals surface area contributed by atoms with E-state index < -0.39 is 0 Å². The number of fused-ring (bicyclic) bond motifs is 1. The van der Waals surface area contributed by atoms with Gasteiger partial charge in [-0.25, -0.2) is 4.98 Å². The zero-order valence-corrected chi connectivity index (χ0v) is 12.9. The summed E-state index contributed by atoms with van der Waals surface area (Å²) in [5.41, 5.74) is 1.49. The van der Waals surface area contributed by atoms with Crippen LogP contribution in [0.4, 0.5) is 0 Å². The Hall–Kier alpha value is -2.21. The number of amides is 1. The highest BCUT2D eigenvalue weighted by Crippen LogP contribution is 2.31. The Balaban J connectivity index is 1.66. The Morgan fingerprint density at radius 2 is 2.27 bits per heavy atom. The van der Waals surface area contributed by atoms with Gasteiger partial charge in [-0.05, 0) is 31.4 Å². The molecule has 1 amide bonds. The van der Waals surface area contributed by atoms with Gasteiger partial charge in [-0.1, -0.05) is 6.07 Å². The standard InChI is InChI=1S/C16H16N4OS/c21-15(13-11-19-9-10-22-16(19)18-13)20-8-4-2-6-14(20)12-5-1-3-7-17-12/h1,3,5,7,9-11,14H,2,4,6,8H2. The Bertz CT molecular complexity index is 766. The van der Waals surface area contributed by atoms with E-state index in [0.29, 0.717) is 5.69 Å². The smallest absolute Gasteiger partial charge is 0.274 e. The van der Waals surface area contributed by atoms with Crippen molar-refractivity contribution in [3.05, 3.63) is 53.6 Å². The maximum absolute atomic E-state index is 12.9. The summed E-state index contributed by atoms with van der Waals surface area (Å²) in [6.45, 7) is 0.769. The highest BCUT2D eigenvalue weighted by molar-refractivity contribution is 7.15. The third-order valence-corrected chi connectivity index (χ3v) is 4.88. The lowest BCUT2D eigenvalue weighted by Gasteiger charge is -2.34. The third-order valence-electron chi connectivity index (χ3n) is 4.11. The van der Waals surface area contributed by atoms with Crippen LogP contribution in [0.3, 0.4) is 0 Å². The highest BCUT2D eigenvalue weighted by atomic mass is 32.1. The lowest BCUT2D eigenvalue weighted by atomic mass is 9.98. The van der Waals surface area contributed by atoms with E-state index in [1.807, 2.05) is 45.3 Å². The van der Waals surface area contributed by atoms with Crippen LogP contribution in [0.1, 0.15) is 41.5 Å². The van der Waals surface area contributed by atoms with Crippen LogP contribution in [0.2, 0.25) is 0 Å². The number of hydrogen-bond donors (Lipinski definition) is 0. The molecule has 0 spiro atoms. The van der Waals surface area contributed by atoms with Gasteiger partial charge in [-0.3, -0.25) is 14.2 Å². The molecule has 4 heterocycles. The zero-order chi connectivity index (χ0) is 14.9. The highest BCUT2D eigenvalue weighted by Gasteiger charge is 2.30. The van der Waals surface area contributed by atoms with E-state index >= 15 is 0 Å². The normalized spacial score (nSPS) is 18.7. The number of carbonyl (C=O) groups is 1. The minimum atomic E-state index is 0.00579. The second-order valence-electron chi connectivity index (χ2n) is 5.48. The van der Waals surface area contributed by atoms with Gasteiger partial charge in [0.25, 0.3) is 5.91 Å². The predicted octanol–water partition coefficient (Wildman–Crippen LogP) is 3.16. The van der Waals surface area contributed by atoms with Crippen molar-refractivity contribution in [2.24, 2.45) is 0 Å². The van der Waals surface area contributed by atoms with Crippen molar-refractivity contribution < 1.29 is 4.79 Å². The summed E-state index contributed by atoms with van der Waals surface area (Å²) < 4.78 is 1.90. The van der Waals surface area contributed by atoms with E-state index in [0.717, 1.165) is 36.5 Å². The third kappa shape index (κ3) is 2.29. The molecule has 6 heteroatoms. The number of nitrogens with zero attached hydrogens (tertiary/aromatic N) is 4. The van der Waals surface area contributed by atoms with E-state index in [1.165, 1.54) is 11.3 Å². The first kappa shape index (κ1) is 13.5. The average Bonchev–Trinajstić information content (AvgIpc) is 3.17. The van der Waals surface area contributed by atoms with Gasteiger partial charge in [-0.2, -0.15) is 0 Å². The topological polar surface area (TPSA) is 50.5 Å². The van der Waals surface area contributed by atoms with Crippen molar-refractivity contribution in [1.29, 1.82) is 0 Å². The molecule has 5 nitrogen and oxygen atoms in total. The van der Waals surface area contributed by atoms with Crippen LogP contribution < -0.4 is 0 Å². The van der Waals surface area contributed by atoms with Crippen LogP contribution in [-0.4, -0.2) is 31.7 Å². The molecule has 3 aromatic heterocycles. The molecule has 1 unspecified atom stereocenters. The molecule has 1 saturated heterocycles. The van der Waals surface area contributed by atoms with Crippen LogP contribution in [0.15, 0.2) is 42.2 Å². The second kappa shape index (κ2) is 5.53. The van der Waals surface area contributed by atoms with Crippen LogP contribution in [0, 0.1) is 0 Å². The largest absolute Gasteiger partial charge is 0.329 e. The number of aromatic nitrogens is 3. The van der Waals surface area contributed by atoms with Crippen LogP contribution in [0.25, 0.3) is 4.96 Å². The molecule has 4 rings (SSSR count). The molecule has 22 heavy (non-hydrogen) atoms. The lowest BCUT2D eigenvalue weighted by molar-refractivity contribution is 0.0600. The molecule has 0 N–H and O–H groups in total. The fraction of sp³-hybridized carbons (Fsp3) is 0.312. The van der Waals surface area contributed by atoms with Crippen molar-refractivity contribution in [2.75, 3.05) is 6.54 Å². The first-order valence-electron chi connectivity index (χ1n) is 7.47. The van der Waals surface area contributed by atoms with Crippen LogP contribution >= 0.6 is 11.3 Å². The van der Waals surface area contributed by atoms with Crippen LogP contribution in [-0.2, 0) is 0 Å². The summed E-state index contributed by atoms with van der Waals surface area (Å²) in [4.78, 5) is 24.6. The summed E-state index contributed by atoms with van der Waals surface area (Å²) in [5.74, 6) is 0.00579. The minimum absolute atomic E-state index is 0.00579. The molecular formula is C16H16N4OS. The van der Waals surface area contributed by atoms with Gasteiger partial charge >= 0.3 is 0 Å². The molecule has 1 aliphatic rings. The van der Waals surface area contributed by atoms with E-state index in [9.17, 15) is 4.79 Å². The number of rotatable bonds is 2. The lowest BCUT2D eigenvalue weighted by Crippen LogP contribution is -2.39. The zero-order valence-electron chi connectivity index (χ0n) is 12.1. The molecule has 3 aromatic rings. The van der Waals surface area contributed by atoms with Crippen molar-refractivity contribution in [3.8, 4) is 0 Å². The minimum Gasteiger partial charge on any atom is -0.329 e. The summed E-state index contributed by atoms with van der Waals surface area (Å²) >= 11 is 1.54. The number of imidazole rings is 1. The van der Waals surface area contributed by atoms with E-state index in [-0.39, 0.29) is 11.9 Å². The number of carbonyl (C=O) groups excluding carboxylic acids is 1. The monoisotopic (exact) mass is 312 g/mol. The van der Waals surface area contributed by atoms with Crippen molar-refractivity contribution >= 4 is 22.2 Å². The summed E-state index contributed by atoms with van der Waals surface area (Å²) in [6, 6.07) is 5.94. The number of hydrogen-bond acceptors (Lipinski definition) is 4. The number of thiazole rings is 1. The Kier molecular flexibility index (Phi) is 3.38. The van der Waals surface area contributed by atoms with Gasteiger partial charge in [-0.15, -0.1) is 11.3 Å². The predicted molar refractivity (Wildman–Crippen MR) is 84.9 cm³/mol. The molecule has 1 fully saturated rings. The van der Waals surface area contributed by atoms with Gasteiger partial charge in [0.1, 0.15) is 5.69 Å². The van der Waals surface area contributed by atoms with Gasteiger partial charge in [0.2, 0.25) is 0 Å². The Morgan fingerprint density at radius 3 is 3.09 bits per heavy atom.